The van der Waals surface area contributed by atoms with Crippen LogP contribution in [-0.2, 0) is 6.42 Å². The van der Waals surface area contributed by atoms with Gasteiger partial charge >= 0.3 is 0 Å². The molecule has 0 aromatic heterocycles. The number of ketones is 1. The zero-order valence-corrected chi connectivity index (χ0v) is 11.9. The number of carbonyl (C=O) groups excluding carboxylic acids is 1. The predicted molar refractivity (Wildman–Crippen MR) is 81.1 cm³/mol. The Kier molecular flexibility index (Phi) is 4.20. The molecule has 0 saturated heterocycles. The standard InChI is InChI=1S/C18H18O3/c19-17-10-4-9-16-15(17)8-5-11-18(16)21-13-12-20-14-6-2-1-3-7-14/h1-3,5-8,11H,4,9-10,12-13H2. The van der Waals surface area contributed by atoms with Crippen LogP contribution in [-0.4, -0.2) is 19.0 Å². The first kappa shape index (κ1) is 13.7. The Labute approximate surface area is 124 Å². The number of hydrogen-bond acceptors (Lipinski definition) is 3. The molecule has 1 aliphatic carbocycles. The third-order valence-electron chi connectivity index (χ3n) is 3.62. The molecule has 108 valence electrons. The van der Waals surface area contributed by atoms with Crippen molar-refractivity contribution in [3.05, 3.63) is 59.7 Å². The van der Waals surface area contributed by atoms with Gasteiger partial charge in [0.15, 0.2) is 5.78 Å². The minimum absolute atomic E-state index is 0.224. The van der Waals surface area contributed by atoms with Gasteiger partial charge in [0, 0.05) is 17.5 Å². The van der Waals surface area contributed by atoms with Gasteiger partial charge < -0.3 is 9.47 Å². The van der Waals surface area contributed by atoms with Gasteiger partial charge in [-0.3, -0.25) is 4.79 Å². The van der Waals surface area contributed by atoms with Gasteiger partial charge in [0.05, 0.1) is 0 Å². The SMILES string of the molecule is O=C1CCCc2c(OCCOc3ccccc3)cccc21. The van der Waals surface area contributed by atoms with Crippen molar-refractivity contribution < 1.29 is 14.3 Å². The van der Waals surface area contributed by atoms with E-state index in [0.717, 1.165) is 35.5 Å². The summed E-state index contributed by atoms with van der Waals surface area (Å²) in [6, 6.07) is 15.4. The summed E-state index contributed by atoms with van der Waals surface area (Å²) in [5, 5.41) is 0. The summed E-state index contributed by atoms with van der Waals surface area (Å²) < 4.78 is 11.4. The van der Waals surface area contributed by atoms with Crippen molar-refractivity contribution in [2.24, 2.45) is 0 Å². The van der Waals surface area contributed by atoms with E-state index in [2.05, 4.69) is 0 Å². The molecule has 0 unspecified atom stereocenters. The van der Waals surface area contributed by atoms with E-state index >= 15 is 0 Å². The van der Waals surface area contributed by atoms with Gasteiger partial charge in [0.25, 0.3) is 0 Å². The lowest BCUT2D eigenvalue weighted by Crippen LogP contribution is -2.14. The summed E-state index contributed by atoms with van der Waals surface area (Å²) in [4.78, 5) is 11.9. The molecule has 3 nitrogen and oxygen atoms in total. The smallest absolute Gasteiger partial charge is 0.163 e. The number of benzene rings is 2. The maximum absolute atomic E-state index is 11.9. The van der Waals surface area contributed by atoms with Crippen LogP contribution in [0.5, 0.6) is 11.5 Å². The van der Waals surface area contributed by atoms with Crippen LogP contribution in [0.25, 0.3) is 0 Å². The van der Waals surface area contributed by atoms with Gasteiger partial charge in [-0.05, 0) is 31.0 Å². The van der Waals surface area contributed by atoms with Crippen LogP contribution in [0.1, 0.15) is 28.8 Å². The van der Waals surface area contributed by atoms with E-state index < -0.39 is 0 Å². The Balaban J connectivity index is 1.59. The van der Waals surface area contributed by atoms with Gasteiger partial charge in [0.1, 0.15) is 24.7 Å². The number of ether oxygens (including phenoxy) is 2. The van der Waals surface area contributed by atoms with Crippen molar-refractivity contribution in [2.45, 2.75) is 19.3 Å². The fraction of sp³-hybridized carbons (Fsp3) is 0.278. The Morgan fingerprint density at radius 2 is 1.67 bits per heavy atom. The van der Waals surface area contributed by atoms with E-state index in [0.29, 0.717) is 19.6 Å². The van der Waals surface area contributed by atoms with Crippen molar-refractivity contribution in [3.63, 3.8) is 0 Å². The van der Waals surface area contributed by atoms with Gasteiger partial charge in [-0.1, -0.05) is 30.3 Å². The fourth-order valence-electron chi connectivity index (χ4n) is 2.61. The number of hydrogen-bond donors (Lipinski definition) is 0. The fourth-order valence-corrected chi connectivity index (χ4v) is 2.61. The number of carbonyl (C=O) groups is 1. The molecule has 0 heterocycles. The molecule has 0 saturated carbocycles. The number of para-hydroxylation sites is 1. The lowest BCUT2D eigenvalue weighted by Gasteiger charge is -2.18. The van der Waals surface area contributed by atoms with Crippen molar-refractivity contribution in [1.82, 2.24) is 0 Å². The van der Waals surface area contributed by atoms with Crippen molar-refractivity contribution in [3.8, 4) is 11.5 Å². The second-order valence-electron chi connectivity index (χ2n) is 5.07. The van der Waals surface area contributed by atoms with Gasteiger partial charge in [-0.25, -0.2) is 0 Å². The minimum atomic E-state index is 0.224. The first-order valence-corrected chi connectivity index (χ1v) is 7.30. The molecular weight excluding hydrogens is 264 g/mol. The zero-order valence-electron chi connectivity index (χ0n) is 11.9. The second-order valence-corrected chi connectivity index (χ2v) is 5.07. The summed E-state index contributed by atoms with van der Waals surface area (Å²) in [7, 11) is 0. The predicted octanol–water partition coefficient (Wildman–Crippen LogP) is 3.66. The largest absolute Gasteiger partial charge is 0.490 e. The molecular formula is C18H18O3. The lowest BCUT2D eigenvalue weighted by atomic mass is 9.90. The first-order chi connectivity index (χ1) is 10.3. The highest BCUT2D eigenvalue weighted by atomic mass is 16.5. The summed E-state index contributed by atoms with van der Waals surface area (Å²) >= 11 is 0. The highest BCUT2D eigenvalue weighted by Gasteiger charge is 2.20. The second kappa shape index (κ2) is 6.44. The highest BCUT2D eigenvalue weighted by Crippen LogP contribution is 2.29. The Morgan fingerprint density at radius 3 is 2.52 bits per heavy atom. The molecule has 2 aromatic rings. The maximum atomic E-state index is 11.9. The molecule has 0 atom stereocenters. The van der Waals surface area contributed by atoms with Crippen LogP contribution in [0, 0.1) is 0 Å². The Morgan fingerprint density at radius 1 is 0.857 bits per heavy atom. The molecule has 3 heteroatoms. The summed E-state index contributed by atoms with van der Waals surface area (Å²) in [6.07, 6.45) is 2.47. The molecule has 0 amide bonds. The Bertz CT molecular complexity index is 620. The third kappa shape index (κ3) is 3.24. The topological polar surface area (TPSA) is 35.5 Å². The van der Waals surface area contributed by atoms with Crippen LogP contribution >= 0.6 is 0 Å². The van der Waals surface area contributed by atoms with Crippen LogP contribution < -0.4 is 9.47 Å². The van der Waals surface area contributed by atoms with Gasteiger partial charge in [-0.15, -0.1) is 0 Å². The molecule has 0 N–H and O–H groups in total. The highest BCUT2D eigenvalue weighted by molar-refractivity contribution is 5.99. The van der Waals surface area contributed by atoms with Crippen molar-refractivity contribution >= 4 is 5.78 Å². The van der Waals surface area contributed by atoms with Crippen LogP contribution in [0.15, 0.2) is 48.5 Å². The summed E-state index contributed by atoms with van der Waals surface area (Å²) in [5.74, 6) is 1.88. The zero-order chi connectivity index (χ0) is 14.5. The molecule has 1 aliphatic rings. The average Bonchev–Trinajstić information content (AvgIpc) is 2.53. The molecule has 0 aliphatic heterocycles. The van der Waals surface area contributed by atoms with Crippen molar-refractivity contribution in [1.29, 1.82) is 0 Å². The molecule has 0 spiro atoms. The third-order valence-corrected chi connectivity index (χ3v) is 3.62. The molecule has 0 radical (unpaired) electrons. The molecule has 2 aromatic carbocycles. The average molecular weight is 282 g/mol. The quantitative estimate of drug-likeness (QED) is 0.785. The minimum Gasteiger partial charge on any atom is -0.490 e. The van der Waals surface area contributed by atoms with Crippen LogP contribution in [0.3, 0.4) is 0 Å². The van der Waals surface area contributed by atoms with Crippen LogP contribution in [0.2, 0.25) is 0 Å². The lowest BCUT2D eigenvalue weighted by molar-refractivity contribution is 0.0971. The van der Waals surface area contributed by atoms with E-state index in [-0.39, 0.29) is 5.78 Å². The monoisotopic (exact) mass is 282 g/mol. The first-order valence-electron chi connectivity index (χ1n) is 7.30. The van der Waals surface area contributed by atoms with Crippen LogP contribution in [0.4, 0.5) is 0 Å². The van der Waals surface area contributed by atoms with E-state index in [9.17, 15) is 4.79 Å². The molecule has 0 bridgehead atoms. The number of rotatable bonds is 5. The van der Waals surface area contributed by atoms with E-state index in [1.165, 1.54) is 0 Å². The normalized spacial score (nSPS) is 13.6. The van der Waals surface area contributed by atoms with Gasteiger partial charge in [0.2, 0.25) is 0 Å². The summed E-state index contributed by atoms with van der Waals surface area (Å²) in [6.45, 7) is 0.959. The molecule has 0 fully saturated rings. The molecule has 21 heavy (non-hydrogen) atoms. The van der Waals surface area contributed by atoms with Gasteiger partial charge in [-0.2, -0.15) is 0 Å². The number of Topliss-reactive ketones (excluding diaryl/α,β-unsaturated/α-hetero) is 1. The maximum Gasteiger partial charge on any atom is 0.163 e. The molecule has 3 rings (SSSR count). The van der Waals surface area contributed by atoms with E-state index in [1.807, 2.05) is 48.5 Å². The van der Waals surface area contributed by atoms with E-state index in [4.69, 9.17) is 9.47 Å². The van der Waals surface area contributed by atoms with E-state index in [1.54, 1.807) is 0 Å². The van der Waals surface area contributed by atoms with Crippen molar-refractivity contribution in [2.75, 3.05) is 13.2 Å². The summed E-state index contributed by atoms with van der Waals surface area (Å²) in [5.41, 5.74) is 1.87. The number of fused-ring (bicyclic) bond motifs is 1. The Hall–Kier alpha value is -2.29.